The Morgan fingerprint density at radius 2 is 1.53 bits per heavy atom. The first-order chi connectivity index (χ1) is 32.9. The van der Waals surface area contributed by atoms with E-state index in [0.717, 1.165) is 74.4 Å². The summed E-state index contributed by atoms with van der Waals surface area (Å²) in [4.78, 5) is 44.7. The predicted molar refractivity (Wildman–Crippen MR) is 247 cm³/mol. The summed E-state index contributed by atoms with van der Waals surface area (Å²) in [5.74, 6) is -0.415. The minimum atomic E-state index is -3.09. The van der Waals surface area contributed by atoms with Crippen LogP contribution in [0.15, 0.2) is 109 Å². The molecule has 5 heterocycles. The van der Waals surface area contributed by atoms with E-state index < -0.39 is 36.7 Å². The number of carbonyl (C=O) groups excluding carboxylic acids is 3. The third-order valence-corrected chi connectivity index (χ3v) is 13.6. The van der Waals surface area contributed by atoms with Gasteiger partial charge in [-0.05, 0) is 109 Å². The van der Waals surface area contributed by atoms with Gasteiger partial charge in [0.1, 0.15) is 34.6 Å². The van der Waals surface area contributed by atoms with Crippen LogP contribution in [0.4, 0.5) is 13.6 Å². The van der Waals surface area contributed by atoms with E-state index in [2.05, 4.69) is 10.2 Å². The Morgan fingerprint density at radius 1 is 0.794 bits per heavy atom. The van der Waals surface area contributed by atoms with Gasteiger partial charge in [-0.3, -0.25) is 14.5 Å². The van der Waals surface area contributed by atoms with Gasteiger partial charge < -0.3 is 39.1 Å². The van der Waals surface area contributed by atoms with Crippen molar-refractivity contribution in [2.24, 2.45) is 17.8 Å². The third-order valence-electron chi connectivity index (χ3n) is 13.0. The topological polar surface area (TPSA) is 143 Å². The number of ether oxygens (including phenoxy) is 5. The fourth-order valence-electron chi connectivity index (χ4n) is 8.96. The highest BCUT2D eigenvalue weighted by molar-refractivity contribution is 6.35. The molecule has 17 heteroatoms. The molecule has 5 fully saturated rings. The number of rotatable bonds is 18. The van der Waals surface area contributed by atoms with E-state index in [0.29, 0.717) is 45.6 Å². The molecule has 4 saturated heterocycles. The minimum Gasteiger partial charge on any atom is -0.619 e. The van der Waals surface area contributed by atoms with E-state index in [9.17, 15) is 28.4 Å². The second kappa shape index (κ2) is 21.0. The standard InChI is InChI=1S/C51H50Cl2F2N4O9/c52-41-26-59(63)27-42(53)40(41)23-44(35-14-15-43(67-50(54)55)45(22-35)65-29-31-12-13-31)66-49(61)38-24-58(25-38)48(60)37-10-4-6-32(20-37)30-64-39-11-5-9-36(21-39)47(34-7-2-1-3-8-34)56-51(62)68-46-28-57-18-16-33(46)17-19-57/h1-11,14-15,20-22,26-27,31,33,38,44,46-47,50H,12-13,16-19,23-25,28-30H2,(H,56,62)/t44-,46-,47-/m0/s1. The van der Waals surface area contributed by atoms with Crippen LogP contribution in [0.25, 0.3) is 0 Å². The summed E-state index contributed by atoms with van der Waals surface area (Å²) in [5, 5.41) is 15.2. The predicted octanol–water partition coefficient (Wildman–Crippen LogP) is 9.11. The molecule has 0 spiro atoms. The molecule has 0 radical (unpaired) electrons. The molecule has 1 aromatic heterocycles. The highest BCUT2D eigenvalue weighted by atomic mass is 35.5. The summed E-state index contributed by atoms with van der Waals surface area (Å²) in [7, 11) is 0. The maximum atomic E-state index is 13.7. The van der Waals surface area contributed by atoms with Crippen LogP contribution in [0, 0.1) is 23.0 Å². The number of hydrogen-bond acceptors (Lipinski definition) is 10. The molecule has 10 rings (SSSR count). The molecule has 1 N–H and O–H groups in total. The number of pyridine rings is 1. The highest BCUT2D eigenvalue weighted by Gasteiger charge is 2.40. The Balaban J connectivity index is 0.832. The van der Waals surface area contributed by atoms with Crippen molar-refractivity contribution in [1.29, 1.82) is 0 Å². The lowest BCUT2D eigenvalue weighted by atomic mass is 9.86. The summed E-state index contributed by atoms with van der Waals surface area (Å²) in [6.07, 6.45) is 4.54. The van der Waals surface area contributed by atoms with Crippen molar-refractivity contribution >= 4 is 41.2 Å². The normalized spacial score (nSPS) is 19.7. The van der Waals surface area contributed by atoms with Crippen molar-refractivity contribution < 1.29 is 51.6 Å². The number of amides is 2. The smallest absolute Gasteiger partial charge is 0.408 e. The van der Waals surface area contributed by atoms with Crippen LogP contribution < -0.4 is 24.3 Å². The number of nitrogens with zero attached hydrogens (tertiary/aromatic N) is 3. The molecule has 2 bridgehead atoms. The SMILES string of the molecule is O=C(N[C@@H](c1ccccc1)c1cccc(OCc2cccc(C(=O)N3CC(C(=O)O[C@@H](Cc4c(Cl)c[n+]([O-])cc4Cl)c4ccc(OC(F)F)c(OCC5CC5)c4)C3)c2)c1)O[C@H]1CN2CCC1CC2. The van der Waals surface area contributed by atoms with Crippen LogP contribution in [0.5, 0.6) is 17.2 Å². The molecule has 4 aromatic carbocycles. The maximum Gasteiger partial charge on any atom is 0.408 e. The number of nitrogens with one attached hydrogen (secondary N) is 1. The van der Waals surface area contributed by atoms with Gasteiger partial charge in [-0.2, -0.15) is 13.5 Å². The molecular weight excluding hydrogens is 921 g/mol. The second-order valence-corrected chi connectivity index (χ2v) is 18.6. The van der Waals surface area contributed by atoms with Crippen molar-refractivity contribution in [2.75, 3.05) is 39.3 Å². The summed E-state index contributed by atoms with van der Waals surface area (Å²) in [5.41, 5.74) is 3.58. The van der Waals surface area contributed by atoms with Gasteiger partial charge in [-0.1, -0.05) is 83.9 Å². The van der Waals surface area contributed by atoms with Crippen LogP contribution in [0.1, 0.15) is 76.0 Å². The van der Waals surface area contributed by atoms with Crippen LogP contribution >= 0.6 is 23.2 Å². The Kier molecular flexibility index (Phi) is 14.5. The fraction of sp³-hybridized carbons (Fsp3) is 0.373. The molecule has 3 atom stereocenters. The van der Waals surface area contributed by atoms with Gasteiger partial charge in [0, 0.05) is 37.2 Å². The van der Waals surface area contributed by atoms with E-state index in [1.54, 1.807) is 23.1 Å². The number of hydrogen-bond donors (Lipinski definition) is 1. The molecule has 0 unspecified atom stereocenters. The number of fused-ring (bicyclic) bond motifs is 3. The Morgan fingerprint density at radius 3 is 2.24 bits per heavy atom. The van der Waals surface area contributed by atoms with Crippen molar-refractivity contribution in [3.05, 3.63) is 158 Å². The van der Waals surface area contributed by atoms with Gasteiger partial charge in [0.25, 0.3) is 5.91 Å². The molecule has 5 aromatic rings. The number of carbonyl (C=O) groups is 3. The monoisotopic (exact) mass is 970 g/mol. The van der Waals surface area contributed by atoms with Crippen LogP contribution in [-0.4, -0.2) is 79.8 Å². The number of alkyl halides is 2. The van der Waals surface area contributed by atoms with E-state index in [1.807, 2.05) is 60.7 Å². The second-order valence-electron chi connectivity index (χ2n) is 17.8. The number of benzene rings is 4. The zero-order chi connectivity index (χ0) is 47.3. The molecule has 1 aliphatic carbocycles. The lowest BCUT2D eigenvalue weighted by Gasteiger charge is -2.43. The van der Waals surface area contributed by atoms with E-state index >= 15 is 0 Å². The van der Waals surface area contributed by atoms with Crippen LogP contribution in [0.2, 0.25) is 10.0 Å². The van der Waals surface area contributed by atoms with E-state index in [-0.39, 0.29) is 59.7 Å². The number of alkyl carbamates (subject to hydrolysis) is 1. The number of aromatic nitrogens is 1. The molecule has 1 saturated carbocycles. The minimum absolute atomic E-state index is 0.0421. The number of esters is 1. The number of halogens is 4. The summed E-state index contributed by atoms with van der Waals surface area (Å²) < 4.78 is 56.0. The van der Waals surface area contributed by atoms with Crippen molar-refractivity contribution in [3.8, 4) is 17.2 Å². The van der Waals surface area contributed by atoms with Gasteiger partial charge in [-0.15, -0.1) is 0 Å². The molecule has 4 aliphatic heterocycles. The van der Waals surface area contributed by atoms with E-state index in [1.165, 1.54) is 18.2 Å². The number of piperidine rings is 3. The van der Waals surface area contributed by atoms with E-state index in [4.69, 9.17) is 46.9 Å². The maximum absolute atomic E-state index is 13.7. The molecule has 13 nitrogen and oxygen atoms in total. The van der Waals surface area contributed by atoms with Crippen molar-refractivity contribution in [2.45, 2.75) is 63.6 Å². The quantitative estimate of drug-likeness (QED) is 0.0514. The Labute approximate surface area is 402 Å². The lowest BCUT2D eigenvalue weighted by Crippen LogP contribution is -2.53. The van der Waals surface area contributed by atoms with Gasteiger partial charge in [-0.25, -0.2) is 4.79 Å². The van der Waals surface area contributed by atoms with Gasteiger partial charge in [0.05, 0.1) is 18.6 Å². The lowest BCUT2D eigenvalue weighted by molar-refractivity contribution is -0.605. The molecular formula is C51H50Cl2F2N4O9. The average molecular weight is 972 g/mol. The first kappa shape index (κ1) is 46.9. The van der Waals surface area contributed by atoms with Crippen molar-refractivity contribution in [1.82, 2.24) is 15.1 Å². The summed E-state index contributed by atoms with van der Waals surface area (Å²) >= 11 is 12.9. The van der Waals surface area contributed by atoms with Gasteiger partial charge in [0.2, 0.25) is 0 Å². The Hall–Kier alpha value is -6.16. The highest BCUT2D eigenvalue weighted by Crippen LogP contribution is 2.39. The van der Waals surface area contributed by atoms with Gasteiger partial charge >= 0.3 is 18.7 Å². The van der Waals surface area contributed by atoms with Gasteiger partial charge in [0.15, 0.2) is 23.9 Å². The first-order valence-corrected chi connectivity index (χ1v) is 23.5. The largest absolute Gasteiger partial charge is 0.619 e. The zero-order valence-electron chi connectivity index (χ0n) is 36.9. The number of likely N-dealkylation sites (tertiary alicyclic amines) is 1. The molecule has 5 aliphatic rings. The van der Waals surface area contributed by atoms with Crippen molar-refractivity contribution in [3.63, 3.8) is 0 Å². The summed E-state index contributed by atoms with van der Waals surface area (Å²) in [6.45, 7) is 0.384. The average Bonchev–Trinajstić information content (AvgIpc) is 4.15. The molecule has 68 heavy (non-hydrogen) atoms. The third kappa shape index (κ3) is 11.6. The fourth-order valence-corrected chi connectivity index (χ4v) is 9.56. The molecule has 356 valence electrons. The van der Waals surface area contributed by atoms with Crippen LogP contribution in [-0.2, 0) is 27.3 Å². The Bertz CT molecular complexity index is 2590. The zero-order valence-corrected chi connectivity index (χ0v) is 38.5. The summed E-state index contributed by atoms with van der Waals surface area (Å²) in [6, 6.07) is 28.1. The first-order valence-electron chi connectivity index (χ1n) is 22.8. The molecule has 2 amide bonds. The van der Waals surface area contributed by atoms with Crippen LogP contribution in [0.3, 0.4) is 0 Å².